The molecule has 4 amide bonds. The van der Waals surface area contributed by atoms with Gasteiger partial charge in [-0.05, 0) is 31.1 Å². The van der Waals surface area contributed by atoms with E-state index in [1.807, 2.05) is 34.6 Å². The fourth-order valence-corrected chi connectivity index (χ4v) is 2.89. The molecular formula is C20H38N4O4. The van der Waals surface area contributed by atoms with Gasteiger partial charge in [-0.2, -0.15) is 0 Å². The molecule has 8 heteroatoms. The molecule has 0 aliphatic carbocycles. The number of rotatable bonds is 13. The van der Waals surface area contributed by atoms with Gasteiger partial charge in [-0.15, -0.1) is 0 Å². The second-order valence-electron chi connectivity index (χ2n) is 8.18. The van der Waals surface area contributed by atoms with Crippen LogP contribution in [0.3, 0.4) is 0 Å². The van der Waals surface area contributed by atoms with E-state index in [0.29, 0.717) is 19.3 Å². The van der Waals surface area contributed by atoms with Crippen LogP contribution in [0.4, 0.5) is 0 Å². The third kappa shape index (κ3) is 10.9. The maximum absolute atomic E-state index is 12.7. The van der Waals surface area contributed by atoms with Crippen LogP contribution in [-0.2, 0) is 19.2 Å². The molecule has 0 bridgehead atoms. The van der Waals surface area contributed by atoms with Crippen LogP contribution in [0.5, 0.6) is 0 Å². The maximum Gasteiger partial charge on any atom is 0.243 e. The highest BCUT2D eigenvalue weighted by atomic mass is 16.2. The van der Waals surface area contributed by atoms with Gasteiger partial charge in [0.2, 0.25) is 23.6 Å². The molecule has 0 saturated carbocycles. The molecule has 0 aliphatic rings. The molecule has 0 aromatic heterocycles. The summed E-state index contributed by atoms with van der Waals surface area (Å²) in [5.41, 5.74) is 5.40. The van der Waals surface area contributed by atoms with E-state index >= 15 is 0 Å². The van der Waals surface area contributed by atoms with Crippen LogP contribution < -0.4 is 21.7 Å². The lowest BCUT2D eigenvalue weighted by Crippen LogP contribution is -2.56. The highest BCUT2D eigenvalue weighted by molar-refractivity contribution is 5.93. The molecule has 5 N–H and O–H groups in total. The summed E-state index contributed by atoms with van der Waals surface area (Å²) < 4.78 is 0. The van der Waals surface area contributed by atoms with E-state index in [4.69, 9.17) is 5.73 Å². The lowest BCUT2D eigenvalue weighted by molar-refractivity contribution is -0.133. The molecule has 0 spiro atoms. The summed E-state index contributed by atoms with van der Waals surface area (Å²) in [6.07, 6.45) is 2.96. The zero-order valence-electron chi connectivity index (χ0n) is 18.1. The summed E-state index contributed by atoms with van der Waals surface area (Å²) in [4.78, 5) is 48.5. The Morgan fingerprint density at radius 1 is 0.786 bits per heavy atom. The third-order valence-corrected chi connectivity index (χ3v) is 4.25. The van der Waals surface area contributed by atoms with Crippen LogP contribution in [0.15, 0.2) is 0 Å². The van der Waals surface area contributed by atoms with Crippen molar-refractivity contribution in [3.63, 3.8) is 0 Å². The Labute approximate surface area is 168 Å². The lowest BCUT2D eigenvalue weighted by atomic mass is 9.99. The quantitative estimate of drug-likeness (QED) is 0.372. The van der Waals surface area contributed by atoms with Gasteiger partial charge in [0, 0.05) is 6.92 Å². The minimum absolute atomic E-state index is 0.142. The Balaban J connectivity index is 5.25. The van der Waals surface area contributed by atoms with Crippen LogP contribution in [0.2, 0.25) is 0 Å². The molecule has 0 fully saturated rings. The first-order chi connectivity index (χ1) is 13.0. The van der Waals surface area contributed by atoms with Crippen LogP contribution in [0, 0.1) is 11.8 Å². The van der Waals surface area contributed by atoms with Crippen molar-refractivity contribution in [2.75, 3.05) is 0 Å². The predicted octanol–water partition coefficient (Wildman–Crippen LogP) is 1.23. The van der Waals surface area contributed by atoms with Gasteiger partial charge in [0.15, 0.2) is 0 Å². The Morgan fingerprint density at radius 3 is 1.57 bits per heavy atom. The van der Waals surface area contributed by atoms with Crippen molar-refractivity contribution in [1.82, 2.24) is 16.0 Å². The van der Waals surface area contributed by atoms with E-state index in [0.717, 1.165) is 12.8 Å². The van der Waals surface area contributed by atoms with Crippen LogP contribution >= 0.6 is 0 Å². The van der Waals surface area contributed by atoms with Gasteiger partial charge in [0.25, 0.3) is 0 Å². The third-order valence-electron chi connectivity index (χ3n) is 4.25. The number of nitrogens with two attached hydrogens (primary N) is 1. The van der Waals surface area contributed by atoms with Crippen molar-refractivity contribution in [3.05, 3.63) is 0 Å². The van der Waals surface area contributed by atoms with Crippen molar-refractivity contribution < 1.29 is 19.2 Å². The molecule has 0 aliphatic heterocycles. The van der Waals surface area contributed by atoms with Crippen molar-refractivity contribution >= 4 is 23.6 Å². The molecule has 162 valence electrons. The minimum Gasteiger partial charge on any atom is -0.368 e. The summed E-state index contributed by atoms with van der Waals surface area (Å²) >= 11 is 0. The Morgan fingerprint density at radius 2 is 1.21 bits per heavy atom. The van der Waals surface area contributed by atoms with Gasteiger partial charge >= 0.3 is 0 Å². The van der Waals surface area contributed by atoms with E-state index in [9.17, 15) is 19.2 Å². The minimum atomic E-state index is -0.806. The van der Waals surface area contributed by atoms with Gasteiger partial charge in [-0.25, -0.2) is 0 Å². The van der Waals surface area contributed by atoms with E-state index in [-0.39, 0.29) is 17.7 Å². The summed E-state index contributed by atoms with van der Waals surface area (Å²) in [5, 5.41) is 8.05. The second-order valence-corrected chi connectivity index (χ2v) is 8.18. The molecule has 0 heterocycles. The van der Waals surface area contributed by atoms with E-state index < -0.39 is 35.8 Å². The van der Waals surface area contributed by atoms with E-state index in [1.54, 1.807) is 0 Å². The molecule has 28 heavy (non-hydrogen) atoms. The van der Waals surface area contributed by atoms with Crippen molar-refractivity contribution in [2.24, 2.45) is 17.6 Å². The number of amides is 4. The number of hydrogen-bond donors (Lipinski definition) is 4. The summed E-state index contributed by atoms with van der Waals surface area (Å²) in [5.74, 6) is -1.41. The smallest absolute Gasteiger partial charge is 0.243 e. The number of carbonyl (C=O) groups excluding carboxylic acids is 4. The van der Waals surface area contributed by atoms with Crippen molar-refractivity contribution in [3.8, 4) is 0 Å². The Kier molecular flexibility index (Phi) is 12.1. The molecule has 3 atom stereocenters. The summed E-state index contributed by atoms with van der Waals surface area (Å²) in [7, 11) is 0. The van der Waals surface area contributed by atoms with Crippen molar-refractivity contribution in [1.29, 1.82) is 0 Å². The number of hydrogen-bond acceptors (Lipinski definition) is 4. The molecule has 1 unspecified atom stereocenters. The van der Waals surface area contributed by atoms with Gasteiger partial charge < -0.3 is 21.7 Å². The first kappa shape index (κ1) is 25.9. The molecule has 0 rings (SSSR count). The largest absolute Gasteiger partial charge is 0.368 e. The fourth-order valence-electron chi connectivity index (χ4n) is 2.89. The summed E-state index contributed by atoms with van der Waals surface area (Å²) in [6.45, 7) is 11.1. The highest BCUT2D eigenvalue weighted by Crippen LogP contribution is 2.10. The van der Waals surface area contributed by atoms with Crippen LogP contribution in [0.1, 0.15) is 73.6 Å². The molecule has 0 radical (unpaired) electrons. The highest BCUT2D eigenvalue weighted by Gasteiger charge is 2.29. The maximum atomic E-state index is 12.7. The topological polar surface area (TPSA) is 130 Å². The van der Waals surface area contributed by atoms with Gasteiger partial charge in [-0.1, -0.05) is 47.5 Å². The number of primary amides is 1. The predicted molar refractivity (Wildman–Crippen MR) is 109 cm³/mol. The number of unbranched alkanes of at least 4 members (excludes halogenated alkanes) is 1. The molecule has 8 nitrogen and oxygen atoms in total. The standard InChI is InChI=1S/C20H38N4O4/c1-7-8-9-15(18(21)26)23-20(28)17(11-13(4)5)24-19(27)16(10-12(2)3)22-14(6)25/h12-13,15-17H,7-11H2,1-6H3,(H2,21,26)(H,22,25)(H,23,28)(H,24,27)/t15-,16-,17?/m0/s1. The van der Waals surface area contributed by atoms with Crippen LogP contribution in [-0.4, -0.2) is 41.8 Å². The molecular weight excluding hydrogens is 360 g/mol. The average Bonchev–Trinajstić information content (AvgIpc) is 2.55. The number of nitrogens with one attached hydrogen (secondary N) is 3. The zero-order chi connectivity index (χ0) is 21.9. The molecule has 0 saturated heterocycles. The van der Waals surface area contributed by atoms with Crippen molar-refractivity contribution in [2.45, 2.75) is 91.8 Å². The first-order valence-electron chi connectivity index (χ1n) is 10.1. The number of carbonyl (C=O) groups is 4. The molecule has 0 aromatic carbocycles. The normalized spacial score (nSPS) is 14.3. The average molecular weight is 399 g/mol. The zero-order valence-corrected chi connectivity index (χ0v) is 18.1. The summed E-state index contributed by atoms with van der Waals surface area (Å²) in [6, 6.07) is -2.28. The van der Waals surface area contributed by atoms with Crippen LogP contribution in [0.25, 0.3) is 0 Å². The monoisotopic (exact) mass is 398 g/mol. The van der Waals surface area contributed by atoms with Gasteiger partial charge in [-0.3, -0.25) is 19.2 Å². The Bertz CT molecular complexity index is 534. The Hall–Kier alpha value is -2.12. The fraction of sp³-hybridized carbons (Fsp3) is 0.800. The molecule has 0 aromatic rings. The van der Waals surface area contributed by atoms with E-state index in [1.165, 1.54) is 6.92 Å². The van der Waals surface area contributed by atoms with E-state index in [2.05, 4.69) is 16.0 Å². The first-order valence-corrected chi connectivity index (χ1v) is 10.1. The van der Waals surface area contributed by atoms with Gasteiger partial charge in [0.05, 0.1) is 0 Å². The second kappa shape index (κ2) is 13.1. The SMILES string of the molecule is CCCC[C@H](NC(=O)C(CC(C)C)NC(=O)[C@H](CC(C)C)NC(C)=O)C(N)=O. The lowest BCUT2D eigenvalue weighted by Gasteiger charge is -2.26. The van der Waals surface area contributed by atoms with Gasteiger partial charge in [0.1, 0.15) is 18.1 Å².